The molecule has 0 N–H and O–H groups in total. The van der Waals surface area contributed by atoms with Crippen molar-refractivity contribution in [3.8, 4) is 5.75 Å². The third-order valence-corrected chi connectivity index (χ3v) is 7.53. The van der Waals surface area contributed by atoms with E-state index in [1.165, 1.54) is 0 Å². The number of hydrogen-bond acceptors (Lipinski definition) is 8. The number of benzene rings is 1. The molecule has 1 aromatic heterocycles. The number of ether oxygens (including phenoxy) is 2. The van der Waals surface area contributed by atoms with Gasteiger partial charge >= 0.3 is 6.09 Å². The molecule has 0 spiro atoms. The Balaban J connectivity index is 1.84. The Kier molecular flexibility index (Phi) is 6.15. The van der Waals surface area contributed by atoms with Gasteiger partial charge in [-0.05, 0) is 43.1 Å². The summed E-state index contributed by atoms with van der Waals surface area (Å²) in [5.74, 6) is -0.413. The fraction of sp³-hybridized carbons (Fsp3) is 0.550. The molecule has 2 aliphatic heterocycles. The van der Waals surface area contributed by atoms with E-state index in [0.29, 0.717) is 26.1 Å². The first kappa shape index (κ1) is 24.2. The highest BCUT2D eigenvalue weighted by Crippen LogP contribution is 2.46. The maximum atomic E-state index is 15.2. The number of anilines is 1. The van der Waals surface area contributed by atoms with Gasteiger partial charge in [-0.3, -0.25) is 0 Å². The molecule has 0 aliphatic carbocycles. The third kappa shape index (κ3) is 4.57. The minimum absolute atomic E-state index is 0.0185. The standard InChI is InChI=1S/C20H23BrClFN4O5S/c1-20(2,3)32-19(28)26-6-5-10-9-31-16-11-15(14(23)12(21)13(16)22)24-18(33(4,29)30)25-17(11)27(10)8-7-26/h10H,5-9H2,1-4H3. The molecule has 1 saturated heterocycles. The number of fused-ring (bicyclic) bond motifs is 2. The maximum absolute atomic E-state index is 15.2. The van der Waals surface area contributed by atoms with Gasteiger partial charge in [-0.15, -0.1) is 0 Å². The Morgan fingerprint density at radius 1 is 1.27 bits per heavy atom. The van der Waals surface area contributed by atoms with Gasteiger partial charge in [0.1, 0.15) is 28.6 Å². The van der Waals surface area contributed by atoms with Crippen molar-refractivity contribution in [2.45, 2.75) is 44.0 Å². The number of sulfone groups is 1. The van der Waals surface area contributed by atoms with Crippen LogP contribution in [0.2, 0.25) is 5.02 Å². The molecule has 1 amide bonds. The van der Waals surface area contributed by atoms with Crippen LogP contribution in [0.1, 0.15) is 27.2 Å². The predicted molar refractivity (Wildman–Crippen MR) is 124 cm³/mol. The summed E-state index contributed by atoms with van der Waals surface area (Å²) in [6, 6.07) is -0.270. The molecule has 2 aromatic rings. The van der Waals surface area contributed by atoms with Crippen molar-refractivity contribution in [2.75, 3.05) is 37.4 Å². The van der Waals surface area contributed by atoms with Crippen molar-refractivity contribution >= 4 is 60.2 Å². The zero-order valence-corrected chi connectivity index (χ0v) is 21.6. The molecule has 1 atom stereocenters. The molecule has 0 saturated carbocycles. The van der Waals surface area contributed by atoms with Gasteiger partial charge in [0.2, 0.25) is 15.0 Å². The molecule has 1 fully saturated rings. The van der Waals surface area contributed by atoms with Crippen molar-refractivity contribution in [3.63, 3.8) is 0 Å². The average molecular weight is 566 g/mol. The van der Waals surface area contributed by atoms with Gasteiger partial charge in [0.05, 0.1) is 15.9 Å². The first-order chi connectivity index (χ1) is 15.3. The Hall–Kier alpha value is -1.92. The number of hydrogen-bond donors (Lipinski definition) is 0. The topological polar surface area (TPSA) is 102 Å². The van der Waals surface area contributed by atoms with E-state index < -0.39 is 32.5 Å². The molecule has 9 nitrogen and oxygen atoms in total. The lowest BCUT2D eigenvalue weighted by Gasteiger charge is -2.28. The monoisotopic (exact) mass is 564 g/mol. The van der Waals surface area contributed by atoms with Crippen molar-refractivity contribution in [2.24, 2.45) is 0 Å². The molecule has 4 rings (SSSR count). The minimum Gasteiger partial charge on any atom is -0.489 e. The van der Waals surface area contributed by atoms with Gasteiger partial charge in [0.15, 0.2) is 11.6 Å². The quantitative estimate of drug-likeness (QED) is 0.380. The first-order valence-electron chi connectivity index (χ1n) is 10.2. The Bertz CT molecular complexity index is 1250. The SMILES string of the molecule is CC(C)(C)OC(=O)N1CCC2COc3c(Cl)c(Br)c(F)c4nc(S(C)(=O)=O)nc(c34)N2CC1. The third-order valence-electron chi connectivity index (χ3n) is 5.35. The largest absolute Gasteiger partial charge is 0.489 e. The molecule has 3 heterocycles. The van der Waals surface area contributed by atoms with Gasteiger partial charge in [0.25, 0.3) is 0 Å². The van der Waals surface area contributed by atoms with Crippen LogP contribution in [-0.4, -0.2) is 73.5 Å². The van der Waals surface area contributed by atoms with E-state index in [-0.39, 0.29) is 44.6 Å². The van der Waals surface area contributed by atoms with E-state index in [1.807, 2.05) is 4.90 Å². The molecule has 180 valence electrons. The summed E-state index contributed by atoms with van der Waals surface area (Å²) in [7, 11) is -3.85. The van der Waals surface area contributed by atoms with Crippen LogP contribution in [0, 0.1) is 5.82 Å². The van der Waals surface area contributed by atoms with E-state index in [1.54, 1.807) is 25.7 Å². The van der Waals surface area contributed by atoms with E-state index >= 15 is 4.39 Å². The van der Waals surface area contributed by atoms with E-state index in [0.717, 1.165) is 6.26 Å². The molecule has 1 aromatic carbocycles. The lowest BCUT2D eigenvalue weighted by Crippen LogP contribution is -2.41. The fourth-order valence-corrected chi connectivity index (χ4v) is 4.95. The van der Waals surface area contributed by atoms with Crippen LogP contribution in [0.5, 0.6) is 5.75 Å². The van der Waals surface area contributed by atoms with Gasteiger partial charge in [-0.25, -0.2) is 27.6 Å². The Labute approximate surface area is 204 Å². The second-order valence-corrected chi connectivity index (χ2v) is 12.1. The molecule has 1 unspecified atom stereocenters. The van der Waals surface area contributed by atoms with Gasteiger partial charge in [-0.2, -0.15) is 0 Å². The predicted octanol–water partition coefficient (Wildman–Crippen LogP) is 3.80. The number of rotatable bonds is 1. The Morgan fingerprint density at radius 2 is 1.97 bits per heavy atom. The summed E-state index contributed by atoms with van der Waals surface area (Å²) < 4.78 is 51.1. The van der Waals surface area contributed by atoms with Gasteiger partial charge < -0.3 is 19.3 Å². The summed E-state index contributed by atoms with van der Waals surface area (Å²) in [6.07, 6.45) is 1.01. The van der Waals surface area contributed by atoms with Crippen LogP contribution >= 0.6 is 27.5 Å². The minimum atomic E-state index is -3.85. The second-order valence-electron chi connectivity index (χ2n) is 9.01. The van der Waals surface area contributed by atoms with E-state index in [4.69, 9.17) is 21.1 Å². The van der Waals surface area contributed by atoms with Crippen LogP contribution < -0.4 is 9.64 Å². The molecule has 33 heavy (non-hydrogen) atoms. The van der Waals surface area contributed by atoms with Gasteiger partial charge in [0, 0.05) is 25.9 Å². The number of amides is 1. The van der Waals surface area contributed by atoms with Crippen molar-refractivity contribution in [1.82, 2.24) is 14.9 Å². The van der Waals surface area contributed by atoms with Crippen LogP contribution in [-0.2, 0) is 14.6 Å². The molecule has 0 radical (unpaired) electrons. The molecular weight excluding hydrogens is 543 g/mol. The lowest BCUT2D eigenvalue weighted by molar-refractivity contribution is 0.0261. The molecule has 13 heteroatoms. The number of halogens is 3. The van der Waals surface area contributed by atoms with Crippen LogP contribution in [0.25, 0.3) is 10.9 Å². The summed E-state index contributed by atoms with van der Waals surface area (Å²) in [5.41, 5.74) is -0.846. The zero-order chi connectivity index (χ0) is 24.3. The van der Waals surface area contributed by atoms with Crippen molar-refractivity contribution < 1.29 is 27.1 Å². The molecule has 2 aliphatic rings. The first-order valence-corrected chi connectivity index (χ1v) is 13.3. The number of aromatic nitrogens is 2. The van der Waals surface area contributed by atoms with E-state index in [9.17, 15) is 13.2 Å². The van der Waals surface area contributed by atoms with Crippen LogP contribution in [0.4, 0.5) is 15.0 Å². The van der Waals surface area contributed by atoms with E-state index in [2.05, 4.69) is 25.9 Å². The zero-order valence-electron chi connectivity index (χ0n) is 18.5. The summed E-state index contributed by atoms with van der Waals surface area (Å²) >= 11 is 9.48. The second kappa shape index (κ2) is 8.38. The Morgan fingerprint density at radius 3 is 2.61 bits per heavy atom. The lowest BCUT2D eigenvalue weighted by atomic mass is 10.1. The highest BCUT2D eigenvalue weighted by molar-refractivity contribution is 9.10. The van der Waals surface area contributed by atoms with Crippen LogP contribution in [0.3, 0.4) is 0 Å². The molecular formula is C20H23BrClFN4O5S. The summed E-state index contributed by atoms with van der Waals surface area (Å²) in [5, 5.41) is -0.288. The van der Waals surface area contributed by atoms with Gasteiger partial charge in [-0.1, -0.05) is 11.6 Å². The molecule has 0 bridgehead atoms. The maximum Gasteiger partial charge on any atom is 0.410 e. The fourth-order valence-electron chi connectivity index (χ4n) is 3.84. The smallest absolute Gasteiger partial charge is 0.410 e. The van der Waals surface area contributed by atoms with Crippen LogP contribution in [0.15, 0.2) is 9.63 Å². The number of carbonyl (C=O) groups excluding carboxylic acids is 1. The normalized spacial score (nSPS) is 18.9. The number of carbonyl (C=O) groups is 1. The average Bonchev–Trinajstić information content (AvgIpc) is 3.00. The highest BCUT2D eigenvalue weighted by atomic mass is 79.9. The van der Waals surface area contributed by atoms with Crippen molar-refractivity contribution in [1.29, 1.82) is 0 Å². The number of nitrogens with zero attached hydrogens (tertiary/aromatic N) is 4. The van der Waals surface area contributed by atoms with Crippen molar-refractivity contribution in [3.05, 3.63) is 15.3 Å². The summed E-state index contributed by atoms with van der Waals surface area (Å²) in [4.78, 5) is 24.3. The summed E-state index contributed by atoms with van der Waals surface area (Å²) in [6.45, 7) is 6.56. The highest BCUT2D eigenvalue weighted by Gasteiger charge is 2.36.